The van der Waals surface area contributed by atoms with Gasteiger partial charge < -0.3 is 10.6 Å². The van der Waals surface area contributed by atoms with Gasteiger partial charge in [0.2, 0.25) is 5.91 Å². The first-order chi connectivity index (χ1) is 11.5. The molecule has 1 aliphatic carbocycles. The quantitative estimate of drug-likeness (QED) is 0.789. The SMILES string of the molecule is Cc1nc(-c2ccc(F)cc2)sc1C(=O)NCCNC(=O)C1CC1. The summed E-state index contributed by atoms with van der Waals surface area (Å²) in [5.74, 6) is -0.281. The average molecular weight is 347 g/mol. The number of nitrogens with zero attached hydrogens (tertiary/aromatic N) is 1. The van der Waals surface area contributed by atoms with Crippen LogP contribution in [0.3, 0.4) is 0 Å². The van der Waals surface area contributed by atoms with Gasteiger partial charge in [0.15, 0.2) is 0 Å². The van der Waals surface area contributed by atoms with E-state index < -0.39 is 0 Å². The summed E-state index contributed by atoms with van der Waals surface area (Å²) in [6.45, 7) is 2.57. The molecule has 2 N–H and O–H groups in total. The number of benzene rings is 1. The smallest absolute Gasteiger partial charge is 0.263 e. The lowest BCUT2D eigenvalue weighted by molar-refractivity contribution is -0.122. The van der Waals surface area contributed by atoms with Crippen LogP contribution in [0.25, 0.3) is 10.6 Å². The number of thiazole rings is 1. The van der Waals surface area contributed by atoms with Crippen LogP contribution in [0.2, 0.25) is 0 Å². The monoisotopic (exact) mass is 347 g/mol. The number of amides is 2. The molecule has 2 amide bonds. The van der Waals surface area contributed by atoms with Gasteiger partial charge >= 0.3 is 0 Å². The van der Waals surface area contributed by atoms with E-state index in [-0.39, 0.29) is 23.5 Å². The zero-order valence-electron chi connectivity index (χ0n) is 13.3. The Morgan fingerprint density at radius 3 is 2.54 bits per heavy atom. The first-order valence-electron chi connectivity index (χ1n) is 7.84. The Morgan fingerprint density at radius 1 is 1.21 bits per heavy atom. The fourth-order valence-electron chi connectivity index (χ4n) is 2.25. The molecule has 1 aliphatic rings. The normalized spacial score (nSPS) is 13.6. The largest absolute Gasteiger partial charge is 0.354 e. The second kappa shape index (κ2) is 7.09. The molecule has 0 spiro atoms. The fraction of sp³-hybridized carbons (Fsp3) is 0.353. The van der Waals surface area contributed by atoms with Gasteiger partial charge in [-0.2, -0.15) is 0 Å². The van der Waals surface area contributed by atoms with Crippen LogP contribution in [0.1, 0.15) is 28.2 Å². The summed E-state index contributed by atoms with van der Waals surface area (Å²) in [5, 5.41) is 6.27. The molecule has 0 saturated heterocycles. The number of nitrogens with one attached hydrogen (secondary N) is 2. The maximum Gasteiger partial charge on any atom is 0.263 e. The molecule has 24 heavy (non-hydrogen) atoms. The van der Waals surface area contributed by atoms with Gasteiger partial charge in [-0.3, -0.25) is 9.59 Å². The van der Waals surface area contributed by atoms with E-state index in [0.717, 1.165) is 18.4 Å². The maximum atomic E-state index is 13.0. The molecule has 5 nitrogen and oxygen atoms in total. The van der Waals surface area contributed by atoms with Crippen molar-refractivity contribution in [2.45, 2.75) is 19.8 Å². The van der Waals surface area contributed by atoms with E-state index in [9.17, 15) is 14.0 Å². The number of carbonyl (C=O) groups excluding carboxylic acids is 2. The van der Waals surface area contributed by atoms with E-state index in [0.29, 0.717) is 28.7 Å². The first-order valence-corrected chi connectivity index (χ1v) is 8.65. The predicted molar refractivity (Wildman–Crippen MR) is 90.3 cm³/mol. The molecule has 0 radical (unpaired) electrons. The molecule has 1 fully saturated rings. The summed E-state index contributed by atoms with van der Waals surface area (Å²) >= 11 is 1.27. The van der Waals surface area contributed by atoms with E-state index in [1.807, 2.05) is 0 Å². The lowest BCUT2D eigenvalue weighted by Gasteiger charge is -2.05. The minimum absolute atomic E-state index is 0.0665. The number of hydrogen-bond donors (Lipinski definition) is 2. The lowest BCUT2D eigenvalue weighted by atomic mass is 10.2. The Hall–Kier alpha value is -2.28. The Bertz CT molecular complexity index is 754. The number of halogens is 1. The standard InChI is InChI=1S/C17H18FN3O2S/c1-10-14(16(23)20-9-8-19-15(22)11-2-3-11)24-17(21-10)12-4-6-13(18)7-5-12/h4-7,11H,2-3,8-9H2,1H3,(H,19,22)(H,20,23). The first kappa shape index (κ1) is 16.6. The third kappa shape index (κ3) is 3.97. The zero-order valence-corrected chi connectivity index (χ0v) is 14.1. The molecule has 126 valence electrons. The topological polar surface area (TPSA) is 71.1 Å². The highest BCUT2D eigenvalue weighted by molar-refractivity contribution is 7.17. The molecule has 1 aromatic carbocycles. The number of aromatic nitrogens is 1. The van der Waals surface area contributed by atoms with Crippen molar-refractivity contribution in [2.75, 3.05) is 13.1 Å². The van der Waals surface area contributed by atoms with Crippen LogP contribution in [0, 0.1) is 18.7 Å². The minimum Gasteiger partial charge on any atom is -0.354 e. The average Bonchev–Trinajstić information content (AvgIpc) is 3.34. The number of hydrogen-bond acceptors (Lipinski definition) is 4. The molecule has 0 aliphatic heterocycles. The molecule has 1 saturated carbocycles. The van der Waals surface area contributed by atoms with Gasteiger partial charge in [0.05, 0.1) is 5.69 Å². The number of rotatable bonds is 6. The molecule has 1 aromatic heterocycles. The zero-order chi connectivity index (χ0) is 17.1. The molecule has 1 heterocycles. The third-order valence-electron chi connectivity index (χ3n) is 3.75. The highest BCUT2D eigenvalue weighted by Crippen LogP contribution is 2.29. The fourth-order valence-corrected chi connectivity index (χ4v) is 3.24. The van der Waals surface area contributed by atoms with Crippen LogP contribution in [0.15, 0.2) is 24.3 Å². The summed E-state index contributed by atoms with van der Waals surface area (Å²) in [6, 6.07) is 6.02. The summed E-state index contributed by atoms with van der Waals surface area (Å²) in [6.07, 6.45) is 1.93. The van der Waals surface area contributed by atoms with Crippen molar-refractivity contribution in [1.82, 2.24) is 15.6 Å². The molecule has 0 atom stereocenters. The highest BCUT2D eigenvalue weighted by atomic mass is 32.1. The predicted octanol–water partition coefficient (Wildman–Crippen LogP) is 2.51. The van der Waals surface area contributed by atoms with Crippen LogP contribution in [-0.2, 0) is 4.79 Å². The second-order valence-electron chi connectivity index (χ2n) is 5.76. The van der Waals surface area contributed by atoms with Crippen molar-refractivity contribution in [2.24, 2.45) is 5.92 Å². The van der Waals surface area contributed by atoms with Crippen LogP contribution in [0.5, 0.6) is 0 Å². The van der Waals surface area contributed by atoms with Crippen LogP contribution < -0.4 is 10.6 Å². The van der Waals surface area contributed by atoms with E-state index in [4.69, 9.17) is 0 Å². The Balaban J connectivity index is 1.56. The molecule has 7 heteroatoms. The molecule has 0 bridgehead atoms. The lowest BCUT2D eigenvalue weighted by Crippen LogP contribution is -2.35. The van der Waals surface area contributed by atoms with Crippen molar-refractivity contribution in [3.63, 3.8) is 0 Å². The molecular weight excluding hydrogens is 329 g/mol. The molecule has 2 aromatic rings. The van der Waals surface area contributed by atoms with Crippen molar-refractivity contribution >= 4 is 23.2 Å². The third-order valence-corrected chi connectivity index (χ3v) is 4.96. The van der Waals surface area contributed by atoms with Gasteiger partial charge in [0.1, 0.15) is 15.7 Å². The van der Waals surface area contributed by atoms with Crippen molar-refractivity contribution < 1.29 is 14.0 Å². The Kier molecular flexibility index (Phi) is 4.89. The summed E-state index contributed by atoms with van der Waals surface area (Å²) < 4.78 is 13.0. The van der Waals surface area contributed by atoms with Crippen molar-refractivity contribution in [1.29, 1.82) is 0 Å². The Labute approximate surface area is 143 Å². The van der Waals surface area contributed by atoms with E-state index in [1.54, 1.807) is 19.1 Å². The van der Waals surface area contributed by atoms with E-state index in [2.05, 4.69) is 15.6 Å². The van der Waals surface area contributed by atoms with Gasteiger partial charge in [0, 0.05) is 24.6 Å². The minimum atomic E-state index is -0.307. The van der Waals surface area contributed by atoms with Gasteiger partial charge in [-0.05, 0) is 44.0 Å². The van der Waals surface area contributed by atoms with Crippen LogP contribution >= 0.6 is 11.3 Å². The van der Waals surface area contributed by atoms with Gasteiger partial charge in [-0.1, -0.05) is 0 Å². The Morgan fingerprint density at radius 2 is 1.88 bits per heavy atom. The van der Waals surface area contributed by atoms with Crippen molar-refractivity contribution in [3.05, 3.63) is 40.7 Å². The van der Waals surface area contributed by atoms with E-state index >= 15 is 0 Å². The number of aryl methyl sites for hydroxylation is 1. The van der Waals surface area contributed by atoms with Crippen molar-refractivity contribution in [3.8, 4) is 10.6 Å². The van der Waals surface area contributed by atoms with Crippen LogP contribution in [0.4, 0.5) is 4.39 Å². The molecule has 0 unspecified atom stereocenters. The summed E-state index contributed by atoms with van der Waals surface area (Å²) in [5.41, 5.74) is 1.42. The summed E-state index contributed by atoms with van der Waals surface area (Å²) in [7, 11) is 0. The van der Waals surface area contributed by atoms with Gasteiger partial charge in [0.25, 0.3) is 5.91 Å². The summed E-state index contributed by atoms with van der Waals surface area (Å²) in [4.78, 5) is 28.7. The highest BCUT2D eigenvalue weighted by Gasteiger charge is 2.29. The van der Waals surface area contributed by atoms with Gasteiger partial charge in [-0.15, -0.1) is 11.3 Å². The maximum absolute atomic E-state index is 13.0. The molecular formula is C17H18FN3O2S. The number of carbonyl (C=O) groups is 2. The molecule has 3 rings (SSSR count). The van der Waals surface area contributed by atoms with Gasteiger partial charge in [-0.25, -0.2) is 9.37 Å². The van der Waals surface area contributed by atoms with E-state index in [1.165, 1.54) is 23.5 Å². The van der Waals surface area contributed by atoms with Crippen LogP contribution in [-0.4, -0.2) is 29.9 Å². The second-order valence-corrected chi connectivity index (χ2v) is 6.76.